The van der Waals surface area contributed by atoms with Crippen molar-refractivity contribution in [3.8, 4) is 0 Å². The van der Waals surface area contributed by atoms with E-state index in [4.69, 9.17) is 10.7 Å². The number of aromatic nitrogens is 1. The van der Waals surface area contributed by atoms with Crippen molar-refractivity contribution in [2.24, 2.45) is 5.73 Å². The molecule has 1 heterocycles. The standard InChI is InChI=1S/C17H24N2S/c1-17(2,3)15-12-20-16(19-15)11-7-10-14(18)13-8-5-4-6-9-13/h4-6,8-9,12,14H,7,10-11,18H2,1-3H3. The summed E-state index contributed by atoms with van der Waals surface area (Å²) in [5.74, 6) is 0. The molecule has 1 aromatic carbocycles. The zero-order valence-corrected chi connectivity index (χ0v) is 13.4. The summed E-state index contributed by atoms with van der Waals surface area (Å²) in [5, 5.41) is 3.42. The van der Waals surface area contributed by atoms with E-state index in [9.17, 15) is 0 Å². The van der Waals surface area contributed by atoms with E-state index in [0.717, 1.165) is 19.3 Å². The van der Waals surface area contributed by atoms with Gasteiger partial charge >= 0.3 is 0 Å². The van der Waals surface area contributed by atoms with Gasteiger partial charge in [-0.2, -0.15) is 0 Å². The van der Waals surface area contributed by atoms with Crippen LogP contribution in [0.25, 0.3) is 0 Å². The van der Waals surface area contributed by atoms with E-state index in [2.05, 4.69) is 38.3 Å². The first-order chi connectivity index (χ1) is 9.47. The van der Waals surface area contributed by atoms with Gasteiger partial charge in [-0.15, -0.1) is 11.3 Å². The molecule has 0 bridgehead atoms. The Balaban J connectivity index is 1.83. The van der Waals surface area contributed by atoms with Crippen LogP contribution in [0.2, 0.25) is 0 Å². The summed E-state index contributed by atoms with van der Waals surface area (Å²) in [7, 11) is 0. The highest BCUT2D eigenvalue weighted by Gasteiger charge is 2.17. The molecule has 0 saturated heterocycles. The summed E-state index contributed by atoms with van der Waals surface area (Å²) >= 11 is 1.77. The van der Waals surface area contributed by atoms with Gasteiger partial charge in [-0.25, -0.2) is 4.98 Å². The maximum absolute atomic E-state index is 6.22. The van der Waals surface area contributed by atoms with Crippen LogP contribution in [0, 0.1) is 0 Å². The maximum atomic E-state index is 6.22. The van der Waals surface area contributed by atoms with Gasteiger partial charge in [0.1, 0.15) is 0 Å². The lowest BCUT2D eigenvalue weighted by atomic mass is 9.93. The van der Waals surface area contributed by atoms with Gasteiger partial charge in [-0.3, -0.25) is 0 Å². The molecule has 0 fully saturated rings. The SMILES string of the molecule is CC(C)(C)c1csc(CCCC(N)c2ccccc2)n1. The second-order valence-corrected chi connectivity index (χ2v) is 7.23. The molecule has 1 aromatic heterocycles. The van der Waals surface area contributed by atoms with Crippen LogP contribution in [0.3, 0.4) is 0 Å². The summed E-state index contributed by atoms with van der Waals surface area (Å²) in [5.41, 5.74) is 8.79. The predicted octanol–water partition coefficient (Wildman–Crippen LogP) is 4.46. The van der Waals surface area contributed by atoms with Gasteiger partial charge in [0.15, 0.2) is 0 Å². The van der Waals surface area contributed by atoms with Crippen LogP contribution in [-0.4, -0.2) is 4.98 Å². The second-order valence-electron chi connectivity index (χ2n) is 6.29. The molecular formula is C17H24N2S. The van der Waals surface area contributed by atoms with Gasteiger partial charge in [-0.1, -0.05) is 51.1 Å². The molecule has 0 aliphatic rings. The van der Waals surface area contributed by atoms with E-state index in [1.54, 1.807) is 11.3 Å². The quantitative estimate of drug-likeness (QED) is 0.882. The lowest BCUT2D eigenvalue weighted by Crippen LogP contribution is -2.12. The number of hydrogen-bond acceptors (Lipinski definition) is 3. The first kappa shape index (κ1) is 15.2. The van der Waals surface area contributed by atoms with Crippen LogP contribution >= 0.6 is 11.3 Å². The molecule has 2 nitrogen and oxygen atoms in total. The summed E-state index contributed by atoms with van der Waals surface area (Å²) in [6, 6.07) is 10.5. The second kappa shape index (κ2) is 6.51. The summed E-state index contributed by atoms with van der Waals surface area (Å²) < 4.78 is 0. The van der Waals surface area contributed by atoms with Crippen molar-refractivity contribution in [3.05, 3.63) is 52.0 Å². The van der Waals surface area contributed by atoms with Gasteiger partial charge in [0, 0.05) is 16.8 Å². The minimum atomic E-state index is 0.137. The van der Waals surface area contributed by atoms with E-state index in [1.807, 2.05) is 18.2 Å². The van der Waals surface area contributed by atoms with E-state index >= 15 is 0 Å². The number of hydrogen-bond donors (Lipinski definition) is 1. The van der Waals surface area contributed by atoms with Crippen molar-refractivity contribution >= 4 is 11.3 Å². The monoisotopic (exact) mass is 288 g/mol. The van der Waals surface area contributed by atoms with Crippen LogP contribution in [0.15, 0.2) is 35.7 Å². The molecule has 0 amide bonds. The number of rotatable bonds is 5. The van der Waals surface area contributed by atoms with E-state index in [0.29, 0.717) is 0 Å². The van der Waals surface area contributed by atoms with Crippen molar-refractivity contribution in [1.29, 1.82) is 0 Å². The van der Waals surface area contributed by atoms with Crippen LogP contribution in [0.1, 0.15) is 55.9 Å². The largest absolute Gasteiger partial charge is 0.324 e. The van der Waals surface area contributed by atoms with Gasteiger partial charge in [-0.05, 0) is 24.8 Å². The molecule has 20 heavy (non-hydrogen) atoms. The van der Waals surface area contributed by atoms with Gasteiger partial charge in [0.2, 0.25) is 0 Å². The van der Waals surface area contributed by atoms with Crippen LogP contribution in [0.5, 0.6) is 0 Å². The van der Waals surface area contributed by atoms with E-state index in [-0.39, 0.29) is 11.5 Å². The van der Waals surface area contributed by atoms with Crippen molar-refractivity contribution in [2.75, 3.05) is 0 Å². The Bertz CT molecular complexity index is 525. The Labute approximate surface area is 126 Å². The fourth-order valence-corrected chi connectivity index (χ4v) is 3.18. The highest BCUT2D eigenvalue weighted by atomic mass is 32.1. The van der Waals surface area contributed by atoms with Crippen LogP contribution in [-0.2, 0) is 11.8 Å². The zero-order chi connectivity index (χ0) is 14.6. The number of benzene rings is 1. The Morgan fingerprint density at radius 3 is 2.50 bits per heavy atom. The van der Waals surface area contributed by atoms with Crippen molar-refractivity contribution in [3.63, 3.8) is 0 Å². The number of aryl methyl sites for hydroxylation is 1. The minimum Gasteiger partial charge on any atom is -0.324 e. The number of nitrogens with two attached hydrogens (primary N) is 1. The Kier molecular flexibility index (Phi) is 4.95. The fraction of sp³-hybridized carbons (Fsp3) is 0.471. The molecule has 0 saturated carbocycles. The maximum Gasteiger partial charge on any atom is 0.0928 e. The Morgan fingerprint density at radius 1 is 1.20 bits per heavy atom. The first-order valence-corrected chi connectivity index (χ1v) is 8.10. The molecule has 0 spiro atoms. The van der Waals surface area contributed by atoms with Crippen LogP contribution in [0.4, 0.5) is 0 Å². The smallest absolute Gasteiger partial charge is 0.0928 e. The molecule has 0 radical (unpaired) electrons. The van der Waals surface area contributed by atoms with Crippen molar-refractivity contribution in [1.82, 2.24) is 4.98 Å². The summed E-state index contributed by atoms with van der Waals surface area (Å²) in [4.78, 5) is 4.73. The molecule has 1 atom stereocenters. The van der Waals surface area contributed by atoms with Crippen LogP contribution < -0.4 is 5.73 Å². The molecule has 0 aliphatic heterocycles. The minimum absolute atomic E-state index is 0.137. The lowest BCUT2D eigenvalue weighted by Gasteiger charge is -2.14. The number of thiazole rings is 1. The molecule has 2 N–H and O–H groups in total. The molecule has 0 aliphatic carbocycles. The summed E-state index contributed by atoms with van der Waals surface area (Å²) in [6.07, 6.45) is 3.13. The predicted molar refractivity (Wildman–Crippen MR) is 87.1 cm³/mol. The molecule has 3 heteroatoms. The fourth-order valence-electron chi connectivity index (χ4n) is 2.11. The third-order valence-corrected chi connectivity index (χ3v) is 4.36. The molecular weight excluding hydrogens is 264 g/mol. The summed E-state index contributed by atoms with van der Waals surface area (Å²) in [6.45, 7) is 6.62. The third-order valence-electron chi connectivity index (χ3n) is 3.45. The van der Waals surface area contributed by atoms with E-state index in [1.165, 1.54) is 16.3 Å². The molecule has 2 rings (SSSR count). The normalized spacial score (nSPS) is 13.4. The highest BCUT2D eigenvalue weighted by molar-refractivity contribution is 7.09. The molecule has 1 unspecified atom stereocenters. The molecule has 2 aromatic rings. The van der Waals surface area contributed by atoms with Gasteiger partial charge in [0.25, 0.3) is 0 Å². The third kappa shape index (κ3) is 4.15. The average molecular weight is 288 g/mol. The first-order valence-electron chi connectivity index (χ1n) is 7.22. The van der Waals surface area contributed by atoms with Gasteiger partial charge < -0.3 is 5.73 Å². The highest BCUT2D eigenvalue weighted by Crippen LogP contribution is 2.25. The Morgan fingerprint density at radius 2 is 1.90 bits per heavy atom. The van der Waals surface area contributed by atoms with Crippen molar-refractivity contribution in [2.45, 2.75) is 51.5 Å². The topological polar surface area (TPSA) is 38.9 Å². The lowest BCUT2D eigenvalue weighted by molar-refractivity contribution is 0.567. The van der Waals surface area contributed by atoms with E-state index < -0.39 is 0 Å². The average Bonchev–Trinajstić information content (AvgIpc) is 2.88. The Hall–Kier alpha value is -1.19. The van der Waals surface area contributed by atoms with Crippen molar-refractivity contribution < 1.29 is 0 Å². The molecule has 108 valence electrons. The zero-order valence-electron chi connectivity index (χ0n) is 12.6. The number of nitrogens with zero attached hydrogens (tertiary/aromatic N) is 1. The van der Waals surface area contributed by atoms with Gasteiger partial charge in [0.05, 0.1) is 10.7 Å².